The zero-order valence-electron chi connectivity index (χ0n) is 20.1. The first kappa shape index (κ1) is 23.7. The van der Waals surface area contributed by atoms with Gasteiger partial charge in [0.1, 0.15) is 5.52 Å². The Morgan fingerprint density at radius 1 is 1.05 bits per heavy atom. The molecule has 0 spiro atoms. The zero-order chi connectivity index (χ0) is 26.6. The molecule has 3 heterocycles. The maximum absolute atomic E-state index is 13.2. The van der Waals surface area contributed by atoms with Gasteiger partial charge in [0, 0.05) is 18.6 Å². The lowest BCUT2D eigenvalue weighted by Gasteiger charge is -2.39. The first-order valence-corrected chi connectivity index (χ1v) is 12.2. The number of carboxylic acids is 1. The topological polar surface area (TPSA) is 122 Å². The minimum Gasteiger partial charge on any atom is -0.501 e. The van der Waals surface area contributed by atoms with E-state index in [0.29, 0.717) is 29.1 Å². The van der Waals surface area contributed by atoms with E-state index in [0.717, 1.165) is 16.7 Å². The molecule has 0 unspecified atom stereocenters. The number of hydrogen-bond acceptors (Lipinski definition) is 7. The van der Waals surface area contributed by atoms with Gasteiger partial charge in [-0.25, -0.2) is 14.8 Å². The first-order chi connectivity index (χ1) is 18.3. The Bertz CT molecular complexity index is 1760. The Morgan fingerprint density at radius 3 is 2.58 bits per heavy atom. The molecule has 6 rings (SSSR count). The second-order valence-electron chi connectivity index (χ2n) is 9.05. The van der Waals surface area contributed by atoms with Crippen molar-refractivity contribution < 1.29 is 19.4 Å². The van der Waals surface area contributed by atoms with Gasteiger partial charge in [-0.2, -0.15) is 0 Å². The van der Waals surface area contributed by atoms with Crippen LogP contribution in [0.15, 0.2) is 75.9 Å². The fraction of sp³-hybridized carbons (Fsp3) is 0.143. The summed E-state index contributed by atoms with van der Waals surface area (Å²) in [6.07, 6.45) is 0.506. The Labute approximate surface area is 221 Å². The number of carboxylic acid groups (broad SMARTS) is 1. The second-order valence-corrected chi connectivity index (χ2v) is 9.45. The van der Waals surface area contributed by atoms with E-state index in [1.54, 1.807) is 42.5 Å². The van der Waals surface area contributed by atoms with Crippen LogP contribution >= 0.6 is 11.6 Å². The number of rotatable bonds is 4. The van der Waals surface area contributed by atoms with Crippen molar-refractivity contribution >= 4 is 34.6 Å². The molecule has 9 nitrogen and oxygen atoms in total. The number of nitrogens with zero attached hydrogens (tertiary/aromatic N) is 4. The average Bonchev–Trinajstić information content (AvgIpc) is 3.35. The molecule has 38 heavy (non-hydrogen) atoms. The fourth-order valence-corrected chi connectivity index (χ4v) is 5.21. The van der Waals surface area contributed by atoms with E-state index in [-0.39, 0.29) is 23.1 Å². The molecule has 0 bridgehead atoms. The van der Waals surface area contributed by atoms with Gasteiger partial charge in [0.2, 0.25) is 11.7 Å². The van der Waals surface area contributed by atoms with Crippen LogP contribution in [-0.2, 0) is 13.5 Å². The van der Waals surface area contributed by atoms with Crippen molar-refractivity contribution in [2.24, 2.45) is 7.05 Å². The minimum atomic E-state index is -1.00. The third-order valence-electron chi connectivity index (χ3n) is 6.81. The number of aromatic nitrogens is 3. The van der Waals surface area contributed by atoms with Crippen LogP contribution in [0.1, 0.15) is 33.1 Å². The zero-order valence-corrected chi connectivity index (χ0v) is 20.9. The van der Waals surface area contributed by atoms with Gasteiger partial charge in [-0.3, -0.25) is 9.36 Å². The quantitative estimate of drug-likeness (QED) is 0.341. The third kappa shape index (κ3) is 3.79. The highest BCUT2D eigenvalue weighted by Gasteiger charge is 2.34. The van der Waals surface area contributed by atoms with Crippen molar-refractivity contribution in [3.05, 3.63) is 104 Å². The summed E-state index contributed by atoms with van der Waals surface area (Å²) in [7, 11) is 1.53. The molecule has 1 aliphatic rings. The highest BCUT2D eigenvalue weighted by atomic mass is 35.5. The lowest BCUT2D eigenvalue weighted by atomic mass is 9.87. The predicted molar refractivity (Wildman–Crippen MR) is 142 cm³/mol. The van der Waals surface area contributed by atoms with Crippen LogP contribution in [0.2, 0.25) is 5.02 Å². The van der Waals surface area contributed by atoms with Gasteiger partial charge in [0.25, 0.3) is 11.4 Å². The van der Waals surface area contributed by atoms with Gasteiger partial charge in [-0.1, -0.05) is 48.0 Å². The number of hydrogen-bond donors (Lipinski definition) is 2. The molecule has 0 radical (unpaired) electrons. The standard InChI is InChI=1S/C28H21ClN4O5/c1-32-26(35)24(34)22(25-30-20-8-4-5-9-21(20)38-25)31-28(32)33-13-12-15-14-16(27(36)37)10-11-17(15)23(33)18-6-2-3-7-19(18)29/h2-11,14,23,34H,12-13H2,1H3,(H,36,37)/t23-/m0/s1. The number of aromatic carboxylic acids is 1. The van der Waals surface area contributed by atoms with Crippen LogP contribution in [-0.4, -0.2) is 37.3 Å². The minimum absolute atomic E-state index is 0.0282. The molecular weight excluding hydrogens is 508 g/mol. The number of anilines is 1. The van der Waals surface area contributed by atoms with Crippen LogP contribution in [0.25, 0.3) is 22.7 Å². The van der Waals surface area contributed by atoms with E-state index in [9.17, 15) is 19.8 Å². The van der Waals surface area contributed by atoms with Crippen molar-refractivity contribution in [1.82, 2.24) is 14.5 Å². The van der Waals surface area contributed by atoms with Gasteiger partial charge in [-0.15, -0.1) is 0 Å². The van der Waals surface area contributed by atoms with Crippen LogP contribution in [0.3, 0.4) is 0 Å². The number of para-hydroxylation sites is 2. The van der Waals surface area contributed by atoms with Crippen molar-refractivity contribution in [2.75, 3.05) is 11.4 Å². The lowest BCUT2D eigenvalue weighted by molar-refractivity contribution is 0.0696. The molecule has 190 valence electrons. The average molecular weight is 529 g/mol. The smallest absolute Gasteiger partial charge is 0.335 e. The van der Waals surface area contributed by atoms with E-state index < -0.39 is 23.3 Å². The van der Waals surface area contributed by atoms with Crippen molar-refractivity contribution in [1.29, 1.82) is 0 Å². The van der Waals surface area contributed by atoms with Crippen LogP contribution in [0, 0.1) is 0 Å². The maximum Gasteiger partial charge on any atom is 0.335 e. The summed E-state index contributed by atoms with van der Waals surface area (Å²) in [5, 5.41) is 20.8. The van der Waals surface area contributed by atoms with Crippen LogP contribution in [0.5, 0.6) is 5.75 Å². The highest BCUT2D eigenvalue weighted by Crippen LogP contribution is 2.41. The molecule has 3 aromatic carbocycles. The van der Waals surface area contributed by atoms with E-state index in [4.69, 9.17) is 21.0 Å². The molecule has 2 N–H and O–H groups in total. The van der Waals surface area contributed by atoms with Crippen molar-refractivity contribution in [3.8, 4) is 17.3 Å². The molecule has 0 fully saturated rings. The molecular formula is C28H21ClN4O5. The fourth-order valence-electron chi connectivity index (χ4n) is 4.97. The van der Waals surface area contributed by atoms with Gasteiger partial charge in [0.15, 0.2) is 11.3 Å². The molecule has 0 amide bonds. The molecule has 5 aromatic rings. The summed E-state index contributed by atoms with van der Waals surface area (Å²) < 4.78 is 7.10. The van der Waals surface area contributed by atoms with E-state index in [1.165, 1.54) is 11.6 Å². The number of aromatic hydroxyl groups is 1. The highest BCUT2D eigenvalue weighted by molar-refractivity contribution is 6.31. The predicted octanol–water partition coefficient (Wildman–Crippen LogP) is 4.80. The van der Waals surface area contributed by atoms with E-state index in [2.05, 4.69) is 4.98 Å². The largest absolute Gasteiger partial charge is 0.501 e. The number of benzene rings is 3. The van der Waals surface area contributed by atoms with Gasteiger partial charge < -0.3 is 19.5 Å². The Hall–Kier alpha value is -4.63. The molecule has 1 atom stereocenters. The van der Waals surface area contributed by atoms with Gasteiger partial charge in [-0.05, 0) is 53.4 Å². The van der Waals surface area contributed by atoms with Gasteiger partial charge in [0.05, 0.1) is 11.6 Å². The van der Waals surface area contributed by atoms with E-state index >= 15 is 0 Å². The molecule has 0 saturated heterocycles. The second kappa shape index (κ2) is 9.04. The van der Waals surface area contributed by atoms with E-state index in [1.807, 2.05) is 29.2 Å². The molecule has 0 saturated carbocycles. The third-order valence-corrected chi connectivity index (χ3v) is 7.16. The molecule has 2 aromatic heterocycles. The SMILES string of the molecule is Cn1c(N2CCc3cc(C(=O)O)ccc3[C@H]2c2ccccc2Cl)nc(-c2nc3ccccc3o2)c(O)c1=O. The van der Waals surface area contributed by atoms with Gasteiger partial charge >= 0.3 is 5.97 Å². The number of halogens is 1. The monoisotopic (exact) mass is 528 g/mol. The number of carbonyl (C=O) groups is 1. The summed E-state index contributed by atoms with van der Waals surface area (Å²) in [5.41, 5.74) is 3.03. The number of fused-ring (bicyclic) bond motifs is 2. The summed E-state index contributed by atoms with van der Waals surface area (Å²) >= 11 is 6.65. The van der Waals surface area contributed by atoms with Crippen LogP contribution in [0.4, 0.5) is 5.95 Å². The Kier molecular flexibility index (Phi) is 5.65. The molecule has 1 aliphatic heterocycles. The summed E-state index contributed by atoms with van der Waals surface area (Å²) in [5.74, 6) is -1.26. The van der Waals surface area contributed by atoms with Crippen LogP contribution < -0.4 is 10.5 Å². The molecule has 0 aliphatic carbocycles. The van der Waals surface area contributed by atoms with Crippen molar-refractivity contribution in [3.63, 3.8) is 0 Å². The summed E-state index contributed by atoms with van der Waals surface area (Å²) in [4.78, 5) is 35.9. The Morgan fingerprint density at radius 2 is 1.82 bits per heavy atom. The lowest BCUT2D eigenvalue weighted by Crippen LogP contribution is -2.40. The Balaban J connectivity index is 1.56. The normalized spacial score (nSPS) is 15.0. The number of oxazole rings is 1. The molecule has 10 heteroatoms. The first-order valence-electron chi connectivity index (χ1n) is 11.9. The maximum atomic E-state index is 13.2. The summed E-state index contributed by atoms with van der Waals surface area (Å²) in [6, 6.07) is 19.0. The summed E-state index contributed by atoms with van der Waals surface area (Å²) in [6.45, 7) is 0.407. The van der Waals surface area contributed by atoms with Crippen molar-refractivity contribution in [2.45, 2.75) is 12.5 Å².